The molecule has 6 heteroatoms. The van der Waals surface area contributed by atoms with Crippen molar-refractivity contribution in [1.29, 1.82) is 0 Å². The monoisotopic (exact) mass is 458 g/mol. The van der Waals surface area contributed by atoms with Crippen molar-refractivity contribution in [2.75, 3.05) is 6.61 Å². The van der Waals surface area contributed by atoms with E-state index in [0.717, 1.165) is 12.0 Å². The highest BCUT2D eigenvalue weighted by molar-refractivity contribution is 6.31. The van der Waals surface area contributed by atoms with E-state index in [9.17, 15) is 9.59 Å². The van der Waals surface area contributed by atoms with E-state index in [-0.39, 0.29) is 31.0 Å². The highest BCUT2D eigenvalue weighted by Gasteiger charge is 2.30. The zero-order chi connectivity index (χ0) is 23.7. The summed E-state index contributed by atoms with van der Waals surface area (Å²) < 4.78 is 5.77. The first kappa shape index (κ1) is 25.7. The van der Waals surface area contributed by atoms with Gasteiger partial charge in [-0.3, -0.25) is 9.59 Å². The van der Waals surface area contributed by atoms with Crippen LogP contribution >= 0.6 is 11.6 Å². The highest BCUT2D eigenvalue weighted by Crippen LogP contribution is 2.21. The van der Waals surface area contributed by atoms with E-state index in [1.165, 1.54) is 5.56 Å². The van der Waals surface area contributed by atoms with Gasteiger partial charge in [0.05, 0.1) is 0 Å². The number of amides is 2. The maximum atomic E-state index is 13.2. The lowest BCUT2D eigenvalue weighted by atomic mass is 10.0. The SMILES string of the molecule is CCC(C)NC(=O)C(CC)N(Cc1ccccc1Cl)C(=O)COc1ccc(C(C)C)cc1. The fourth-order valence-corrected chi connectivity index (χ4v) is 3.54. The van der Waals surface area contributed by atoms with Crippen LogP contribution in [0, 0.1) is 0 Å². The molecule has 0 saturated heterocycles. The van der Waals surface area contributed by atoms with Crippen LogP contribution in [-0.2, 0) is 16.1 Å². The number of nitrogens with one attached hydrogen (secondary N) is 1. The van der Waals surface area contributed by atoms with E-state index in [0.29, 0.717) is 23.1 Å². The van der Waals surface area contributed by atoms with Crippen LogP contribution < -0.4 is 10.1 Å². The van der Waals surface area contributed by atoms with E-state index in [1.54, 1.807) is 11.0 Å². The zero-order valence-corrected chi connectivity index (χ0v) is 20.5. The summed E-state index contributed by atoms with van der Waals surface area (Å²) in [5.74, 6) is 0.622. The first-order valence-corrected chi connectivity index (χ1v) is 11.7. The van der Waals surface area contributed by atoms with E-state index in [1.807, 2.05) is 63.2 Å². The van der Waals surface area contributed by atoms with Gasteiger partial charge in [0.25, 0.3) is 5.91 Å². The van der Waals surface area contributed by atoms with E-state index < -0.39 is 6.04 Å². The van der Waals surface area contributed by atoms with Gasteiger partial charge in [-0.2, -0.15) is 0 Å². The second kappa shape index (κ2) is 12.5. The van der Waals surface area contributed by atoms with Gasteiger partial charge in [-0.05, 0) is 55.0 Å². The van der Waals surface area contributed by atoms with Crippen molar-refractivity contribution in [3.8, 4) is 5.75 Å². The number of benzene rings is 2. The van der Waals surface area contributed by atoms with Crippen LogP contribution in [0.1, 0.15) is 64.5 Å². The molecule has 5 nitrogen and oxygen atoms in total. The Labute approximate surface area is 197 Å². The Bertz CT molecular complexity index is 883. The molecule has 2 unspecified atom stereocenters. The number of ether oxygens (including phenoxy) is 1. The van der Waals surface area contributed by atoms with Crippen LogP contribution in [0.3, 0.4) is 0 Å². The minimum atomic E-state index is -0.611. The second-order valence-electron chi connectivity index (χ2n) is 8.37. The summed E-state index contributed by atoms with van der Waals surface area (Å²) in [7, 11) is 0. The fourth-order valence-electron chi connectivity index (χ4n) is 3.35. The lowest BCUT2D eigenvalue weighted by Crippen LogP contribution is -2.51. The maximum absolute atomic E-state index is 13.2. The number of halogens is 1. The molecule has 1 N–H and O–H groups in total. The van der Waals surface area contributed by atoms with Gasteiger partial charge in [0.2, 0.25) is 5.91 Å². The quantitative estimate of drug-likeness (QED) is 0.479. The molecule has 2 amide bonds. The summed E-state index contributed by atoms with van der Waals surface area (Å²) >= 11 is 6.35. The van der Waals surface area contributed by atoms with Crippen LogP contribution in [0.5, 0.6) is 5.75 Å². The van der Waals surface area contributed by atoms with Crippen molar-refractivity contribution >= 4 is 23.4 Å². The largest absolute Gasteiger partial charge is 0.484 e. The van der Waals surface area contributed by atoms with Crippen molar-refractivity contribution in [3.63, 3.8) is 0 Å². The third kappa shape index (κ3) is 7.27. The van der Waals surface area contributed by atoms with E-state index in [4.69, 9.17) is 16.3 Å². The molecule has 0 aliphatic rings. The summed E-state index contributed by atoms with van der Waals surface area (Å²) in [6.07, 6.45) is 1.30. The molecule has 0 aliphatic carbocycles. The van der Waals surface area contributed by atoms with Crippen molar-refractivity contribution in [2.24, 2.45) is 0 Å². The predicted molar refractivity (Wildman–Crippen MR) is 130 cm³/mol. The molecule has 2 aromatic rings. The van der Waals surface area contributed by atoms with Gasteiger partial charge in [0.15, 0.2) is 6.61 Å². The maximum Gasteiger partial charge on any atom is 0.261 e. The van der Waals surface area contributed by atoms with Crippen molar-refractivity contribution in [3.05, 3.63) is 64.7 Å². The molecule has 0 saturated carbocycles. The summed E-state index contributed by atoms with van der Waals surface area (Å²) in [5, 5.41) is 3.56. The van der Waals surface area contributed by atoms with Crippen molar-refractivity contribution in [1.82, 2.24) is 10.2 Å². The third-order valence-electron chi connectivity index (χ3n) is 5.59. The standard InChI is InChI=1S/C26H35ClN2O3/c1-6-19(5)28-26(31)24(7-2)29(16-21-10-8-9-11-23(21)27)25(30)17-32-22-14-12-20(13-15-22)18(3)4/h8-15,18-19,24H,6-7,16-17H2,1-5H3,(H,28,31). The molecule has 0 aliphatic heterocycles. The molecule has 0 bridgehead atoms. The molecule has 0 aromatic heterocycles. The topological polar surface area (TPSA) is 58.6 Å². The van der Waals surface area contributed by atoms with Crippen molar-refractivity contribution in [2.45, 2.75) is 72.0 Å². The van der Waals surface area contributed by atoms with Crippen LogP contribution in [0.4, 0.5) is 0 Å². The Balaban J connectivity index is 2.20. The summed E-state index contributed by atoms with van der Waals surface area (Å²) in [6.45, 7) is 10.2. The lowest BCUT2D eigenvalue weighted by molar-refractivity contribution is -0.143. The smallest absolute Gasteiger partial charge is 0.261 e. The zero-order valence-electron chi connectivity index (χ0n) is 19.7. The number of rotatable bonds is 11. The predicted octanol–water partition coefficient (Wildman–Crippen LogP) is 5.56. The molecule has 0 heterocycles. The first-order chi connectivity index (χ1) is 15.3. The van der Waals surface area contributed by atoms with Gasteiger partial charge >= 0.3 is 0 Å². The third-order valence-corrected chi connectivity index (χ3v) is 5.96. The Morgan fingerprint density at radius 3 is 2.22 bits per heavy atom. The molecule has 2 rings (SSSR count). The van der Waals surface area contributed by atoms with Gasteiger partial charge in [-0.15, -0.1) is 0 Å². The fraction of sp³-hybridized carbons (Fsp3) is 0.462. The molecule has 174 valence electrons. The number of carbonyl (C=O) groups excluding carboxylic acids is 2. The van der Waals surface area contributed by atoms with Gasteiger partial charge in [0, 0.05) is 17.6 Å². The lowest BCUT2D eigenvalue weighted by Gasteiger charge is -2.31. The minimum Gasteiger partial charge on any atom is -0.484 e. The highest BCUT2D eigenvalue weighted by atomic mass is 35.5. The average Bonchev–Trinajstić information content (AvgIpc) is 2.78. The Kier molecular flexibility index (Phi) is 10.0. The molecule has 32 heavy (non-hydrogen) atoms. The van der Waals surface area contributed by atoms with Gasteiger partial charge in [-0.25, -0.2) is 0 Å². The molecule has 0 fully saturated rings. The molecular formula is C26H35ClN2O3. The van der Waals surface area contributed by atoms with E-state index >= 15 is 0 Å². The van der Waals surface area contributed by atoms with Gasteiger partial charge in [0.1, 0.15) is 11.8 Å². The molecule has 0 radical (unpaired) electrons. The molecule has 2 aromatic carbocycles. The van der Waals surface area contributed by atoms with Gasteiger partial charge < -0.3 is 15.0 Å². The van der Waals surface area contributed by atoms with Crippen LogP contribution in [0.25, 0.3) is 0 Å². The first-order valence-electron chi connectivity index (χ1n) is 11.3. The minimum absolute atomic E-state index is 0.0320. The van der Waals surface area contributed by atoms with Gasteiger partial charge in [-0.1, -0.05) is 69.6 Å². The van der Waals surface area contributed by atoms with Crippen LogP contribution in [0.15, 0.2) is 48.5 Å². The Hall–Kier alpha value is -2.53. The number of hydrogen-bond acceptors (Lipinski definition) is 3. The number of hydrogen-bond donors (Lipinski definition) is 1. The normalized spacial score (nSPS) is 12.8. The second-order valence-corrected chi connectivity index (χ2v) is 8.77. The number of nitrogens with zero attached hydrogens (tertiary/aromatic N) is 1. The number of carbonyl (C=O) groups is 2. The van der Waals surface area contributed by atoms with Crippen LogP contribution in [-0.4, -0.2) is 35.4 Å². The summed E-state index contributed by atoms with van der Waals surface area (Å²) in [6, 6.07) is 14.5. The summed E-state index contributed by atoms with van der Waals surface area (Å²) in [5.41, 5.74) is 2.00. The van der Waals surface area contributed by atoms with E-state index in [2.05, 4.69) is 19.2 Å². The summed E-state index contributed by atoms with van der Waals surface area (Å²) in [4.78, 5) is 27.8. The molecule has 0 spiro atoms. The average molecular weight is 459 g/mol. The molecular weight excluding hydrogens is 424 g/mol. The Morgan fingerprint density at radius 2 is 1.66 bits per heavy atom. The Morgan fingerprint density at radius 1 is 1.00 bits per heavy atom. The molecule has 2 atom stereocenters. The van der Waals surface area contributed by atoms with Crippen molar-refractivity contribution < 1.29 is 14.3 Å². The van der Waals surface area contributed by atoms with Crippen LogP contribution in [0.2, 0.25) is 5.02 Å².